The Kier molecular flexibility index (Phi) is 4.18. The molecule has 0 saturated carbocycles. The van der Waals surface area contributed by atoms with Gasteiger partial charge in [0.1, 0.15) is 0 Å². The van der Waals surface area contributed by atoms with Crippen molar-refractivity contribution < 1.29 is 0 Å². The van der Waals surface area contributed by atoms with E-state index in [-0.39, 0.29) is 0 Å². The molecule has 0 aromatic carbocycles. The second-order valence-corrected chi connectivity index (χ2v) is 5.95. The molecule has 0 bridgehead atoms. The van der Waals surface area contributed by atoms with Crippen LogP contribution in [0.3, 0.4) is 0 Å². The van der Waals surface area contributed by atoms with Gasteiger partial charge in [0.15, 0.2) is 0 Å². The summed E-state index contributed by atoms with van der Waals surface area (Å²) in [5, 5.41) is 0. The lowest BCUT2D eigenvalue weighted by Crippen LogP contribution is -2.19. The third-order valence-electron chi connectivity index (χ3n) is 3.83. The Morgan fingerprint density at radius 1 is 1.19 bits per heavy atom. The minimum atomic E-state index is 0.362. The fourth-order valence-corrected chi connectivity index (χ4v) is 2.39. The standard InChI is InChI=1S/C16H26/c1-12(2)13(3)9-10-15-14(4)8-7-11-16(15,5)6/h9-10H,7-8,11H2,1-6H3/b10-9+. The molecule has 1 aliphatic carbocycles. The van der Waals surface area contributed by atoms with Crippen LogP contribution in [0.25, 0.3) is 0 Å². The van der Waals surface area contributed by atoms with Crippen molar-refractivity contribution in [3.8, 4) is 0 Å². The van der Waals surface area contributed by atoms with Crippen molar-refractivity contribution in [3.05, 3.63) is 34.4 Å². The van der Waals surface area contributed by atoms with Crippen LogP contribution in [0.2, 0.25) is 0 Å². The van der Waals surface area contributed by atoms with E-state index in [0.29, 0.717) is 5.41 Å². The second-order valence-electron chi connectivity index (χ2n) is 5.95. The second kappa shape index (κ2) is 5.03. The predicted octanol–water partition coefficient (Wildman–Crippen LogP) is 5.43. The molecule has 0 radical (unpaired) electrons. The van der Waals surface area contributed by atoms with Gasteiger partial charge in [-0.05, 0) is 57.9 Å². The summed E-state index contributed by atoms with van der Waals surface area (Å²) in [6.07, 6.45) is 8.56. The third kappa shape index (κ3) is 3.10. The van der Waals surface area contributed by atoms with Gasteiger partial charge in [-0.15, -0.1) is 0 Å². The van der Waals surface area contributed by atoms with Crippen molar-refractivity contribution in [2.75, 3.05) is 0 Å². The lowest BCUT2D eigenvalue weighted by molar-refractivity contribution is 0.377. The monoisotopic (exact) mass is 218 g/mol. The quantitative estimate of drug-likeness (QED) is 0.542. The number of allylic oxidation sites excluding steroid dienone is 6. The SMILES string of the molecule is CC(C)=C(C)/C=C/C1=C(C)CCCC1(C)C. The predicted molar refractivity (Wildman–Crippen MR) is 73.5 cm³/mol. The zero-order valence-electron chi connectivity index (χ0n) is 11.8. The molecule has 1 aliphatic rings. The summed E-state index contributed by atoms with van der Waals surface area (Å²) in [6.45, 7) is 13.6. The smallest absolute Gasteiger partial charge is 0.0104 e. The Hall–Kier alpha value is -0.780. The van der Waals surface area contributed by atoms with Crippen molar-refractivity contribution >= 4 is 0 Å². The summed E-state index contributed by atoms with van der Waals surface area (Å²) in [5.74, 6) is 0. The van der Waals surface area contributed by atoms with E-state index in [4.69, 9.17) is 0 Å². The minimum absolute atomic E-state index is 0.362. The van der Waals surface area contributed by atoms with Crippen LogP contribution in [0.5, 0.6) is 0 Å². The molecular formula is C16H26. The largest absolute Gasteiger partial charge is 0.0735 e. The van der Waals surface area contributed by atoms with Crippen LogP contribution in [0, 0.1) is 5.41 Å². The van der Waals surface area contributed by atoms with Gasteiger partial charge in [0.05, 0.1) is 0 Å². The van der Waals surface area contributed by atoms with Crippen molar-refractivity contribution in [1.29, 1.82) is 0 Å². The topological polar surface area (TPSA) is 0 Å². The molecule has 0 unspecified atom stereocenters. The highest BCUT2D eigenvalue weighted by molar-refractivity contribution is 5.36. The molecule has 0 atom stereocenters. The molecule has 16 heavy (non-hydrogen) atoms. The molecule has 0 aromatic rings. The molecule has 0 nitrogen and oxygen atoms in total. The fourth-order valence-electron chi connectivity index (χ4n) is 2.39. The maximum atomic E-state index is 2.37. The molecule has 0 aliphatic heterocycles. The molecule has 0 heteroatoms. The highest BCUT2D eigenvalue weighted by atomic mass is 14.3. The van der Waals surface area contributed by atoms with Crippen LogP contribution >= 0.6 is 0 Å². The van der Waals surface area contributed by atoms with E-state index in [0.717, 1.165) is 0 Å². The van der Waals surface area contributed by atoms with Gasteiger partial charge in [0.25, 0.3) is 0 Å². The first-order valence-corrected chi connectivity index (χ1v) is 6.37. The molecule has 0 N–H and O–H groups in total. The summed E-state index contributed by atoms with van der Waals surface area (Å²) < 4.78 is 0. The first-order chi connectivity index (χ1) is 7.34. The summed E-state index contributed by atoms with van der Waals surface area (Å²) in [6, 6.07) is 0. The normalized spacial score (nSPS) is 20.4. The van der Waals surface area contributed by atoms with Gasteiger partial charge in [-0.3, -0.25) is 0 Å². The van der Waals surface area contributed by atoms with Crippen LogP contribution in [0.1, 0.15) is 60.8 Å². The molecule has 0 aromatic heterocycles. The molecule has 0 fully saturated rings. The van der Waals surface area contributed by atoms with Crippen LogP contribution in [-0.2, 0) is 0 Å². The van der Waals surface area contributed by atoms with E-state index >= 15 is 0 Å². The summed E-state index contributed by atoms with van der Waals surface area (Å²) >= 11 is 0. The number of hydrogen-bond acceptors (Lipinski definition) is 0. The number of hydrogen-bond donors (Lipinski definition) is 0. The average Bonchev–Trinajstić information content (AvgIpc) is 2.15. The molecule has 0 heterocycles. The van der Waals surface area contributed by atoms with Crippen molar-refractivity contribution in [2.45, 2.75) is 60.8 Å². The van der Waals surface area contributed by atoms with E-state index in [1.165, 1.54) is 30.4 Å². The van der Waals surface area contributed by atoms with E-state index in [2.05, 4.69) is 53.7 Å². The Morgan fingerprint density at radius 2 is 1.81 bits per heavy atom. The third-order valence-corrected chi connectivity index (χ3v) is 3.83. The lowest BCUT2D eigenvalue weighted by Gasteiger charge is -2.33. The Morgan fingerprint density at radius 3 is 2.31 bits per heavy atom. The maximum absolute atomic E-state index is 2.37. The highest BCUT2D eigenvalue weighted by Crippen LogP contribution is 2.40. The van der Waals surface area contributed by atoms with Crippen molar-refractivity contribution in [2.24, 2.45) is 5.41 Å². The Bertz CT molecular complexity index is 344. The average molecular weight is 218 g/mol. The summed E-state index contributed by atoms with van der Waals surface area (Å²) in [4.78, 5) is 0. The van der Waals surface area contributed by atoms with Gasteiger partial charge in [0.2, 0.25) is 0 Å². The van der Waals surface area contributed by atoms with Crippen molar-refractivity contribution in [3.63, 3.8) is 0 Å². The Labute approximate surface area is 101 Å². The van der Waals surface area contributed by atoms with E-state index in [1.807, 2.05) is 0 Å². The van der Waals surface area contributed by atoms with Gasteiger partial charge in [-0.1, -0.05) is 42.7 Å². The summed E-state index contributed by atoms with van der Waals surface area (Å²) in [5.41, 5.74) is 6.29. The maximum Gasteiger partial charge on any atom is -0.0104 e. The molecular weight excluding hydrogens is 192 g/mol. The molecule has 0 amide bonds. The van der Waals surface area contributed by atoms with Gasteiger partial charge in [0, 0.05) is 0 Å². The van der Waals surface area contributed by atoms with Crippen LogP contribution < -0.4 is 0 Å². The summed E-state index contributed by atoms with van der Waals surface area (Å²) in [7, 11) is 0. The lowest BCUT2D eigenvalue weighted by atomic mass is 9.72. The van der Waals surface area contributed by atoms with Crippen LogP contribution in [0.15, 0.2) is 34.4 Å². The van der Waals surface area contributed by atoms with Gasteiger partial charge < -0.3 is 0 Å². The zero-order chi connectivity index (χ0) is 12.3. The first-order valence-electron chi connectivity index (χ1n) is 6.37. The molecule has 0 spiro atoms. The molecule has 0 saturated heterocycles. The number of rotatable bonds is 2. The molecule has 1 rings (SSSR count). The fraction of sp³-hybridized carbons (Fsp3) is 0.625. The van der Waals surface area contributed by atoms with Crippen molar-refractivity contribution in [1.82, 2.24) is 0 Å². The molecule has 90 valence electrons. The van der Waals surface area contributed by atoms with Crippen LogP contribution in [-0.4, -0.2) is 0 Å². The first kappa shape index (κ1) is 13.3. The van der Waals surface area contributed by atoms with Gasteiger partial charge in [-0.25, -0.2) is 0 Å². The van der Waals surface area contributed by atoms with E-state index in [9.17, 15) is 0 Å². The minimum Gasteiger partial charge on any atom is -0.0735 e. The van der Waals surface area contributed by atoms with E-state index in [1.54, 1.807) is 11.1 Å². The van der Waals surface area contributed by atoms with Crippen LogP contribution in [0.4, 0.5) is 0 Å². The highest BCUT2D eigenvalue weighted by Gasteiger charge is 2.26. The van der Waals surface area contributed by atoms with Gasteiger partial charge in [-0.2, -0.15) is 0 Å². The zero-order valence-corrected chi connectivity index (χ0v) is 11.8. The van der Waals surface area contributed by atoms with Gasteiger partial charge >= 0.3 is 0 Å². The Balaban J connectivity index is 2.99. The van der Waals surface area contributed by atoms with E-state index < -0.39 is 0 Å².